The number of nitrogens with zero attached hydrogens (tertiary/aromatic N) is 1. The minimum atomic E-state index is 0.187. The van der Waals surface area contributed by atoms with Gasteiger partial charge in [0, 0.05) is 11.6 Å². The Morgan fingerprint density at radius 3 is 2.44 bits per heavy atom. The molecule has 3 nitrogen and oxygen atoms in total. The van der Waals surface area contributed by atoms with E-state index in [0.29, 0.717) is 12.6 Å². The Labute approximate surface area is 109 Å². The SMILES string of the molecule is COc1ccc(C(=O)CN(C)C2CCCC2)cc1. The van der Waals surface area contributed by atoms with E-state index < -0.39 is 0 Å². The lowest BCUT2D eigenvalue weighted by atomic mass is 10.1. The van der Waals surface area contributed by atoms with E-state index in [1.165, 1.54) is 25.7 Å². The molecule has 1 aliphatic rings. The van der Waals surface area contributed by atoms with E-state index in [-0.39, 0.29) is 5.78 Å². The standard InChI is InChI=1S/C15H21NO2/c1-16(13-5-3-4-6-13)11-15(17)12-7-9-14(18-2)10-8-12/h7-10,13H,3-6,11H2,1-2H3. The lowest BCUT2D eigenvalue weighted by Crippen LogP contribution is -2.34. The molecule has 3 heteroatoms. The van der Waals surface area contributed by atoms with E-state index in [9.17, 15) is 4.79 Å². The van der Waals surface area contributed by atoms with E-state index in [1.807, 2.05) is 24.3 Å². The highest BCUT2D eigenvalue weighted by atomic mass is 16.5. The van der Waals surface area contributed by atoms with Gasteiger partial charge < -0.3 is 4.74 Å². The van der Waals surface area contributed by atoms with Gasteiger partial charge >= 0.3 is 0 Å². The summed E-state index contributed by atoms with van der Waals surface area (Å²) in [6.45, 7) is 0.511. The topological polar surface area (TPSA) is 29.5 Å². The number of ketones is 1. The number of carbonyl (C=O) groups excluding carboxylic acids is 1. The van der Waals surface area contributed by atoms with Crippen molar-refractivity contribution < 1.29 is 9.53 Å². The zero-order valence-electron chi connectivity index (χ0n) is 11.2. The van der Waals surface area contributed by atoms with Crippen molar-refractivity contribution in [1.82, 2.24) is 4.90 Å². The van der Waals surface area contributed by atoms with Crippen LogP contribution in [0.5, 0.6) is 5.75 Å². The van der Waals surface area contributed by atoms with Crippen LogP contribution >= 0.6 is 0 Å². The average Bonchev–Trinajstić information content (AvgIpc) is 2.92. The molecule has 0 saturated heterocycles. The Kier molecular flexibility index (Phi) is 4.37. The normalized spacial score (nSPS) is 16.2. The van der Waals surface area contributed by atoms with Gasteiger partial charge in [-0.1, -0.05) is 12.8 Å². The lowest BCUT2D eigenvalue weighted by Gasteiger charge is -2.23. The molecule has 1 aliphatic carbocycles. The summed E-state index contributed by atoms with van der Waals surface area (Å²) in [5.74, 6) is 0.975. The number of ether oxygens (including phenoxy) is 1. The quantitative estimate of drug-likeness (QED) is 0.749. The maximum atomic E-state index is 12.1. The molecular weight excluding hydrogens is 226 g/mol. The summed E-state index contributed by atoms with van der Waals surface area (Å²) >= 11 is 0. The molecule has 18 heavy (non-hydrogen) atoms. The molecule has 0 N–H and O–H groups in total. The smallest absolute Gasteiger partial charge is 0.176 e. The Morgan fingerprint density at radius 2 is 1.89 bits per heavy atom. The molecule has 1 aromatic carbocycles. The average molecular weight is 247 g/mol. The molecular formula is C15H21NO2. The first-order valence-electron chi connectivity index (χ1n) is 6.58. The van der Waals surface area contributed by atoms with Crippen molar-refractivity contribution in [3.8, 4) is 5.75 Å². The highest BCUT2D eigenvalue weighted by Crippen LogP contribution is 2.22. The first-order chi connectivity index (χ1) is 8.70. The Bertz CT molecular complexity index is 393. The van der Waals surface area contributed by atoms with Crippen molar-refractivity contribution >= 4 is 5.78 Å². The first-order valence-corrected chi connectivity index (χ1v) is 6.58. The monoisotopic (exact) mass is 247 g/mol. The molecule has 0 heterocycles. The van der Waals surface area contributed by atoms with Crippen molar-refractivity contribution in [2.24, 2.45) is 0 Å². The van der Waals surface area contributed by atoms with Crippen molar-refractivity contribution in [2.45, 2.75) is 31.7 Å². The number of rotatable bonds is 5. The molecule has 2 rings (SSSR count). The van der Waals surface area contributed by atoms with Crippen LogP contribution in [0.15, 0.2) is 24.3 Å². The fraction of sp³-hybridized carbons (Fsp3) is 0.533. The maximum Gasteiger partial charge on any atom is 0.176 e. The number of hydrogen-bond donors (Lipinski definition) is 0. The summed E-state index contributed by atoms with van der Waals surface area (Å²) in [7, 11) is 3.68. The Balaban J connectivity index is 1.93. The summed E-state index contributed by atoms with van der Waals surface area (Å²) in [5.41, 5.74) is 0.764. The van der Waals surface area contributed by atoms with Crippen LogP contribution in [-0.2, 0) is 0 Å². The largest absolute Gasteiger partial charge is 0.497 e. The molecule has 0 unspecified atom stereocenters. The van der Waals surface area contributed by atoms with E-state index in [0.717, 1.165) is 11.3 Å². The summed E-state index contributed by atoms with van der Waals surface area (Å²) < 4.78 is 5.09. The predicted molar refractivity (Wildman–Crippen MR) is 72.2 cm³/mol. The summed E-state index contributed by atoms with van der Waals surface area (Å²) in [6.07, 6.45) is 5.05. The van der Waals surface area contributed by atoms with Gasteiger partial charge in [-0.25, -0.2) is 0 Å². The maximum absolute atomic E-state index is 12.1. The summed E-state index contributed by atoms with van der Waals surface area (Å²) in [6, 6.07) is 7.94. The molecule has 0 atom stereocenters. The van der Waals surface area contributed by atoms with Gasteiger partial charge in [0.1, 0.15) is 5.75 Å². The molecule has 0 bridgehead atoms. The van der Waals surface area contributed by atoms with Gasteiger partial charge in [0.15, 0.2) is 5.78 Å². The van der Waals surface area contributed by atoms with E-state index >= 15 is 0 Å². The van der Waals surface area contributed by atoms with Crippen LogP contribution < -0.4 is 4.74 Å². The molecule has 0 aliphatic heterocycles. The summed E-state index contributed by atoms with van der Waals surface area (Å²) in [4.78, 5) is 14.3. The number of Topliss-reactive ketones (excluding diaryl/α,β-unsaturated/α-hetero) is 1. The minimum absolute atomic E-state index is 0.187. The van der Waals surface area contributed by atoms with Crippen LogP contribution in [0, 0.1) is 0 Å². The van der Waals surface area contributed by atoms with Gasteiger partial charge in [-0.05, 0) is 44.2 Å². The molecule has 0 radical (unpaired) electrons. The Morgan fingerprint density at radius 1 is 1.28 bits per heavy atom. The second-order valence-corrected chi connectivity index (χ2v) is 5.01. The third-order valence-electron chi connectivity index (χ3n) is 3.75. The number of carbonyl (C=O) groups is 1. The third-order valence-corrected chi connectivity index (χ3v) is 3.75. The van der Waals surface area contributed by atoms with Crippen molar-refractivity contribution in [3.63, 3.8) is 0 Å². The van der Waals surface area contributed by atoms with Crippen molar-refractivity contribution in [3.05, 3.63) is 29.8 Å². The zero-order valence-corrected chi connectivity index (χ0v) is 11.2. The van der Waals surface area contributed by atoms with Gasteiger partial charge in [0.05, 0.1) is 13.7 Å². The first kappa shape index (κ1) is 13.1. The van der Waals surface area contributed by atoms with E-state index in [2.05, 4.69) is 11.9 Å². The molecule has 1 fully saturated rings. The van der Waals surface area contributed by atoms with Gasteiger partial charge in [0.25, 0.3) is 0 Å². The number of benzene rings is 1. The molecule has 0 spiro atoms. The fourth-order valence-electron chi connectivity index (χ4n) is 2.57. The second-order valence-electron chi connectivity index (χ2n) is 5.01. The van der Waals surface area contributed by atoms with Crippen LogP contribution in [0.4, 0.5) is 0 Å². The van der Waals surface area contributed by atoms with Crippen molar-refractivity contribution in [2.75, 3.05) is 20.7 Å². The molecule has 0 aromatic heterocycles. The zero-order chi connectivity index (χ0) is 13.0. The van der Waals surface area contributed by atoms with E-state index in [4.69, 9.17) is 4.74 Å². The number of hydrogen-bond acceptors (Lipinski definition) is 3. The lowest BCUT2D eigenvalue weighted by molar-refractivity contribution is 0.0921. The molecule has 98 valence electrons. The third kappa shape index (κ3) is 3.10. The number of methoxy groups -OCH3 is 1. The van der Waals surface area contributed by atoms with Gasteiger partial charge in [-0.2, -0.15) is 0 Å². The number of likely N-dealkylation sites (N-methyl/N-ethyl adjacent to an activating group) is 1. The second kappa shape index (κ2) is 6.01. The highest BCUT2D eigenvalue weighted by molar-refractivity contribution is 5.97. The van der Waals surface area contributed by atoms with E-state index in [1.54, 1.807) is 7.11 Å². The van der Waals surface area contributed by atoms with Crippen LogP contribution in [0.2, 0.25) is 0 Å². The van der Waals surface area contributed by atoms with Crippen LogP contribution in [0.3, 0.4) is 0 Å². The molecule has 1 saturated carbocycles. The van der Waals surface area contributed by atoms with Gasteiger partial charge in [-0.15, -0.1) is 0 Å². The van der Waals surface area contributed by atoms with Crippen LogP contribution in [0.1, 0.15) is 36.0 Å². The van der Waals surface area contributed by atoms with Crippen LogP contribution in [-0.4, -0.2) is 37.4 Å². The summed E-state index contributed by atoms with van der Waals surface area (Å²) in [5, 5.41) is 0. The Hall–Kier alpha value is -1.35. The molecule has 1 aromatic rings. The minimum Gasteiger partial charge on any atom is -0.497 e. The van der Waals surface area contributed by atoms with Gasteiger partial charge in [0.2, 0.25) is 0 Å². The fourth-order valence-corrected chi connectivity index (χ4v) is 2.57. The highest BCUT2D eigenvalue weighted by Gasteiger charge is 2.21. The van der Waals surface area contributed by atoms with Gasteiger partial charge in [-0.3, -0.25) is 9.69 Å². The molecule has 0 amide bonds. The predicted octanol–water partition coefficient (Wildman–Crippen LogP) is 2.75. The van der Waals surface area contributed by atoms with Crippen LogP contribution in [0.25, 0.3) is 0 Å². The van der Waals surface area contributed by atoms with Crippen molar-refractivity contribution in [1.29, 1.82) is 0 Å².